The molecule has 2 amide bonds. The topological polar surface area (TPSA) is 98.7 Å². The Morgan fingerprint density at radius 2 is 1.88 bits per heavy atom. The molecule has 0 aliphatic heterocycles. The van der Waals surface area contributed by atoms with Gasteiger partial charge in [-0.15, -0.1) is 0 Å². The molecule has 0 saturated heterocycles. The predicted molar refractivity (Wildman–Crippen MR) is 62.6 cm³/mol. The van der Waals surface area contributed by atoms with Crippen LogP contribution in [-0.4, -0.2) is 52.4 Å². The van der Waals surface area contributed by atoms with Crippen LogP contribution >= 0.6 is 11.8 Å². The number of carboxylic acid groups (broad SMARTS) is 1. The van der Waals surface area contributed by atoms with Crippen LogP contribution in [0.3, 0.4) is 0 Å². The zero-order valence-electron chi connectivity index (χ0n) is 9.56. The van der Waals surface area contributed by atoms with E-state index in [9.17, 15) is 9.59 Å². The number of rotatable bonds is 6. The normalized spacial score (nSPS) is 16.0. The number of hydrogen-bond donors (Lipinski definition) is 4. The van der Waals surface area contributed by atoms with Gasteiger partial charge in [0.1, 0.15) is 0 Å². The minimum atomic E-state index is -1.29. The van der Waals surface area contributed by atoms with Crippen LogP contribution in [0.15, 0.2) is 0 Å². The van der Waals surface area contributed by atoms with Gasteiger partial charge in [-0.2, -0.15) is 11.8 Å². The number of thioether (sulfide) groups is 1. The van der Waals surface area contributed by atoms with Gasteiger partial charge in [-0.1, -0.05) is 0 Å². The minimum Gasteiger partial charge on any atom is -0.480 e. The largest absolute Gasteiger partial charge is 0.480 e. The molecule has 3 atom stereocenters. The Hall–Kier alpha value is -0.950. The van der Waals surface area contributed by atoms with Gasteiger partial charge in [-0.05, 0) is 20.1 Å². The highest BCUT2D eigenvalue weighted by atomic mass is 32.2. The van der Waals surface area contributed by atoms with Gasteiger partial charge in [0.2, 0.25) is 0 Å². The van der Waals surface area contributed by atoms with Gasteiger partial charge >= 0.3 is 12.0 Å². The fraction of sp³-hybridized carbons (Fsp3) is 0.778. The van der Waals surface area contributed by atoms with Crippen molar-refractivity contribution in [1.82, 2.24) is 10.6 Å². The summed E-state index contributed by atoms with van der Waals surface area (Å²) in [6.45, 7) is 3.12. The van der Waals surface area contributed by atoms with Crippen LogP contribution in [0, 0.1) is 0 Å². The number of nitrogens with one attached hydrogen (secondary N) is 2. The first-order chi connectivity index (χ1) is 7.38. The quantitative estimate of drug-likeness (QED) is 0.526. The average Bonchev–Trinajstić information content (AvgIpc) is 2.13. The van der Waals surface area contributed by atoms with E-state index in [4.69, 9.17) is 10.2 Å². The SMILES string of the molecule is CSCC(C)NC(=O)NC(C(=O)O)C(C)O. The summed E-state index contributed by atoms with van der Waals surface area (Å²) in [5.74, 6) is -0.525. The van der Waals surface area contributed by atoms with Gasteiger partial charge in [0.15, 0.2) is 6.04 Å². The summed E-state index contributed by atoms with van der Waals surface area (Å²) in [7, 11) is 0. The third kappa shape index (κ3) is 5.82. The van der Waals surface area contributed by atoms with Crippen molar-refractivity contribution in [2.45, 2.75) is 32.0 Å². The van der Waals surface area contributed by atoms with Gasteiger partial charge in [-0.25, -0.2) is 9.59 Å². The maximum Gasteiger partial charge on any atom is 0.328 e. The number of amides is 2. The lowest BCUT2D eigenvalue weighted by molar-refractivity contribution is -0.141. The van der Waals surface area contributed by atoms with Gasteiger partial charge in [0, 0.05) is 11.8 Å². The first-order valence-corrected chi connectivity index (χ1v) is 6.24. The number of carbonyl (C=O) groups is 2. The summed E-state index contributed by atoms with van der Waals surface area (Å²) in [4.78, 5) is 22.0. The second-order valence-corrected chi connectivity index (χ2v) is 4.44. The summed E-state index contributed by atoms with van der Waals surface area (Å²) in [6, 6.07) is -1.94. The number of carbonyl (C=O) groups excluding carboxylic acids is 1. The minimum absolute atomic E-state index is 0.0570. The Kier molecular flexibility index (Phi) is 6.91. The molecule has 0 heterocycles. The number of urea groups is 1. The van der Waals surface area contributed by atoms with Crippen LogP contribution in [0.2, 0.25) is 0 Å². The molecule has 0 saturated carbocycles. The van der Waals surface area contributed by atoms with Gasteiger partial charge in [-0.3, -0.25) is 0 Å². The molecule has 0 fully saturated rings. The number of aliphatic carboxylic acids is 1. The Bertz CT molecular complexity index is 248. The third-order valence-electron chi connectivity index (χ3n) is 1.83. The van der Waals surface area contributed by atoms with E-state index < -0.39 is 24.1 Å². The zero-order valence-corrected chi connectivity index (χ0v) is 10.4. The maximum absolute atomic E-state index is 11.3. The summed E-state index contributed by atoms with van der Waals surface area (Å²) < 4.78 is 0. The summed E-state index contributed by atoms with van der Waals surface area (Å²) in [6.07, 6.45) is 0.769. The van der Waals surface area contributed by atoms with E-state index in [2.05, 4.69) is 10.6 Å². The van der Waals surface area contributed by atoms with Gasteiger partial charge < -0.3 is 20.8 Å². The molecule has 0 radical (unpaired) electrons. The molecule has 4 N–H and O–H groups in total. The van der Waals surface area contributed by atoms with Crippen molar-refractivity contribution in [2.75, 3.05) is 12.0 Å². The van der Waals surface area contributed by atoms with Crippen LogP contribution in [0.4, 0.5) is 4.79 Å². The predicted octanol–water partition coefficient (Wildman–Crippen LogP) is -0.129. The molecule has 3 unspecified atom stereocenters. The fourth-order valence-electron chi connectivity index (χ4n) is 1.09. The molecule has 16 heavy (non-hydrogen) atoms. The third-order valence-corrected chi connectivity index (χ3v) is 2.66. The van der Waals surface area contributed by atoms with Gasteiger partial charge in [0.05, 0.1) is 6.10 Å². The molecule has 0 aliphatic rings. The summed E-state index contributed by atoms with van der Waals surface area (Å²) >= 11 is 1.57. The molecule has 0 bridgehead atoms. The highest BCUT2D eigenvalue weighted by Crippen LogP contribution is 1.97. The lowest BCUT2D eigenvalue weighted by Gasteiger charge is -2.19. The molecule has 0 spiro atoms. The van der Waals surface area contributed by atoms with Crippen LogP contribution in [0.25, 0.3) is 0 Å². The Morgan fingerprint density at radius 1 is 1.31 bits per heavy atom. The van der Waals surface area contributed by atoms with E-state index in [1.165, 1.54) is 6.92 Å². The van der Waals surface area contributed by atoms with E-state index in [0.29, 0.717) is 0 Å². The van der Waals surface area contributed by atoms with Crippen molar-refractivity contribution in [3.05, 3.63) is 0 Å². The Balaban J connectivity index is 4.15. The van der Waals surface area contributed by atoms with Crippen molar-refractivity contribution >= 4 is 23.8 Å². The number of carboxylic acids is 1. The van der Waals surface area contributed by atoms with Crippen LogP contribution < -0.4 is 10.6 Å². The highest BCUT2D eigenvalue weighted by molar-refractivity contribution is 7.98. The molecule has 7 heteroatoms. The summed E-state index contributed by atoms with van der Waals surface area (Å²) in [5.41, 5.74) is 0. The smallest absolute Gasteiger partial charge is 0.328 e. The van der Waals surface area contributed by atoms with E-state index in [1.807, 2.05) is 13.2 Å². The van der Waals surface area contributed by atoms with E-state index in [-0.39, 0.29) is 6.04 Å². The Labute approximate surface area is 98.8 Å². The maximum atomic E-state index is 11.3. The van der Waals surface area contributed by atoms with Crippen LogP contribution in [0.1, 0.15) is 13.8 Å². The molecule has 0 aliphatic carbocycles. The van der Waals surface area contributed by atoms with Crippen LogP contribution in [0.5, 0.6) is 0 Å². The summed E-state index contributed by atoms with van der Waals surface area (Å²) in [5, 5.41) is 22.6. The first-order valence-electron chi connectivity index (χ1n) is 4.85. The monoisotopic (exact) mass is 250 g/mol. The first kappa shape index (κ1) is 15.0. The van der Waals surface area contributed by atoms with E-state index in [1.54, 1.807) is 11.8 Å². The van der Waals surface area contributed by atoms with Crippen molar-refractivity contribution in [2.24, 2.45) is 0 Å². The molecular weight excluding hydrogens is 232 g/mol. The molecule has 6 nitrogen and oxygen atoms in total. The van der Waals surface area contributed by atoms with Crippen LogP contribution in [-0.2, 0) is 4.79 Å². The van der Waals surface area contributed by atoms with Gasteiger partial charge in [0.25, 0.3) is 0 Å². The second-order valence-electron chi connectivity index (χ2n) is 3.53. The standard InChI is InChI=1S/C9H18N2O4S/c1-5(4-16-3)10-9(15)11-7(6(2)12)8(13)14/h5-7,12H,4H2,1-3H3,(H,13,14)(H2,10,11,15). The lowest BCUT2D eigenvalue weighted by atomic mass is 10.2. The highest BCUT2D eigenvalue weighted by Gasteiger charge is 2.25. The van der Waals surface area contributed by atoms with Crippen molar-refractivity contribution in [3.63, 3.8) is 0 Å². The molecule has 0 aromatic rings. The van der Waals surface area contributed by atoms with E-state index >= 15 is 0 Å². The molecule has 0 rings (SSSR count). The Morgan fingerprint density at radius 3 is 2.25 bits per heavy atom. The van der Waals surface area contributed by atoms with Crippen molar-refractivity contribution in [3.8, 4) is 0 Å². The van der Waals surface area contributed by atoms with Crippen molar-refractivity contribution < 1.29 is 19.8 Å². The van der Waals surface area contributed by atoms with Crippen molar-refractivity contribution in [1.29, 1.82) is 0 Å². The zero-order chi connectivity index (χ0) is 12.7. The number of aliphatic hydroxyl groups is 1. The second kappa shape index (κ2) is 7.34. The lowest BCUT2D eigenvalue weighted by Crippen LogP contribution is -2.52. The average molecular weight is 250 g/mol. The fourth-order valence-corrected chi connectivity index (χ4v) is 1.67. The van der Waals surface area contributed by atoms with E-state index in [0.717, 1.165) is 5.75 Å². The number of aliphatic hydroxyl groups excluding tert-OH is 1. The molecular formula is C9H18N2O4S. The molecule has 0 aromatic heterocycles. The molecule has 94 valence electrons. The number of hydrogen-bond acceptors (Lipinski definition) is 4. The molecule has 0 aromatic carbocycles.